The topological polar surface area (TPSA) is 57.5 Å². The highest BCUT2D eigenvalue weighted by Gasteiger charge is 2.14. The van der Waals surface area contributed by atoms with Crippen LogP contribution < -0.4 is 0 Å². The fourth-order valence-corrected chi connectivity index (χ4v) is 2.44. The molecule has 2 aromatic rings. The van der Waals surface area contributed by atoms with Crippen molar-refractivity contribution >= 4 is 16.7 Å². The molecule has 2 N–H and O–H groups in total. The summed E-state index contributed by atoms with van der Waals surface area (Å²) in [5.41, 5.74) is 1.96. The fourth-order valence-electron chi connectivity index (χ4n) is 2.44. The summed E-state index contributed by atoms with van der Waals surface area (Å²) >= 11 is 0. The van der Waals surface area contributed by atoms with E-state index in [1.54, 1.807) is 0 Å². The zero-order valence-corrected chi connectivity index (χ0v) is 11.0. The Kier molecular flexibility index (Phi) is 4.17. The van der Waals surface area contributed by atoms with E-state index in [0.717, 1.165) is 21.9 Å². The molecular weight excluding hydrogens is 240 g/mol. The maximum absolute atomic E-state index is 10.5. The normalized spacial score (nSPS) is 12.5. The maximum atomic E-state index is 10.5. The molecule has 1 unspecified atom stereocenters. The van der Waals surface area contributed by atoms with Crippen molar-refractivity contribution < 1.29 is 15.0 Å². The number of aliphatic hydroxyl groups excluding tert-OH is 1. The predicted octanol–water partition coefficient (Wildman–Crippen LogP) is 3.44. The van der Waals surface area contributed by atoms with E-state index < -0.39 is 12.1 Å². The number of carboxylic acid groups (broad SMARTS) is 1. The highest BCUT2D eigenvalue weighted by Crippen LogP contribution is 2.30. The van der Waals surface area contributed by atoms with Crippen LogP contribution in [0.5, 0.6) is 0 Å². The third-order valence-electron chi connectivity index (χ3n) is 3.39. The molecule has 0 aliphatic rings. The predicted molar refractivity (Wildman–Crippen MR) is 75.1 cm³/mol. The van der Waals surface area contributed by atoms with E-state index in [1.165, 1.54) is 0 Å². The quantitative estimate of drug-likeness (QED) is 0.863. The maximum Gasteiger partial charge on any atom is 0.303 e. The first-order chi connectivity index (χ1) is 9.09. The molecule has 0 fully saturated rings. The molecule has 19 heavy (non-hydrogen) atoms. The zero-order chi connectivity index (χ0) is 13.8. The van der Waals surface area contributed by atoms with Gasteiger partial charge < -0.3 is 10.2 Å². The SMILES string of the molecule is Cc1ccc2ccccc2c1C(O)CCCC(=O)O. The van der Waals surface area contributed by atoms with Crippen LogP contribution in [0.25, 0.3) is 10.8 Å². The number of aliphatic carboxylic acids is 1. The van der Waals surface area contributed by atoms with Gasteiger partial charge in [0, 0.05) is 6.42 Å². The number of benzene rings is 2. The van der Waals surface area contributed by atoms with Gasteiger partial charge in [-0.2, -0.15) is 0 Å². The van der Waals surface area contributed by atoms with Gasteiger partial charge in [0.05, 0.1) is 6.10 Å². The molecule has 3 nitrogen and oxygen atoms in total. The van der Waals surface area contributed by atoms with E-state index in [0.29, 0.717) is 12.8 Å². The number of aryl methyl sites for hydroxylation is 1. The van der Waals surface area contributed by atoms with Gasteiger partial charge in [-0.05, 0) is 41.7 Å². The van der Waals surface area contributed by atoms with Crippen molar-refractivity contribution in [1.82, 2.24) is 0 Å². The molecule has 0 aromatic heterocycles. The Morgan fingerprint density at radius 2 is 1.95 bits per heavy atom. The summed E-state index contributed by atoms with van der Waals surface area (Å²) < 4.78 is 0. The molecule has 0 radical (unpaired) electrons. The van der Waals surface area contributed by atoms with E-state index in [2.05, 4.69) is 0 Å². The van der Waals surface area contributed by atoms with Gasteiger partial charge in [-0.1, -0.05) is 36.4 Å². The number of hydrogen-bond acceptors (Lipinski definition) is 2. The van der Waals surface area contributed by atoms with Crippen LogP contribution in [0.4, 0.5) is 0 Å². The van der Waals surface area contributed by atoms with Crippen molar-refractivity contribution in [1.29, 1.82) is 0 Å². The van der Waals surface area contributed by atoms with Gasteiger partial charge in [-0.15, -0.1) is 0 Å². The Morgan fingerprint density at radius 1 is 1.21 bits per heavy atom. The third-order valence-corrected chi connectivity index (χ3v) is 3.39. The third kappa shape index (κ3) is 3.12. The highest BCUT2D eigenvalue weighted by atomic mass is 16.4. The molecule has 3 heteroatoms. The second-order valence-electron chi connectivity index (χ2n) is 4.82. The lowest BCUT2D eigenvalue weighted by Gasteiger charge is -2.16. The van der Waals surface area contributed by atoms with Crippen molar-refractivity contribution in [3.63, 3.8) is 0 Å². The monoisotopic (exact) mass is 258 g/mol. The summed E-state index contributed by atoms with van der Waals surface area (Å²) in [5, 5.41) is 21.1. The van der Waals surface area contributed by atoms with Gasteiger partial charge in [-0.25, -0.2) is 0 Å². The number of rotatable bonds is 5. The molecule has 0 bridgehead atoms. The Balaban J connectivity index is 2.27. The summed E-state index contributed by atoms with van der Waals surface area (Å²) in [6, 6.07) is 12.0. The first kappa shape index (κ1) is 13.6. The van der Waals surface area contributed by atoms with Crippen LogP contribution in [-0.2, 0) is 4.79 Å². The summed E-state index contributed by atoms with van der Waals surface area (Å²) in [6.07, 6.45) is 0.451. The van der Waals surface area contributed by atoms with Gasteiger partial charge in [0.2, 0.25) is 0 Å². The Labute approximate surface area is 112 Å². The first-order valence-corrected chi connectivity index (χ1v) is 6.47. The van der Waals surface area contributed by atoms with Crippen LogP contribution in [0.2, 0.25) is 0 Å². The van der Waals surface area contributed by atoms with E-state index in [9.17, 15) is 9.90 Å². The average molecular weight is 258 g/mol. The number of aliphatic hydroxyl groups is 1. The van der Waals surface area contributed by atoms with Gasteiger partial charge in [-0.3, -0.25) is 4.79 Å². The highest BCUT2D eigenvalue weighted by molar-refractivity contribution is 5.87. The number of carboxylic acids is 1. The van der Waals surface area contributed by atoms with Crippen molar-refractivity contribution in [2.24, 2.45) is 0 Å². The largest absolute Gasteiger partial charge is 0.481 e. The Morgan fingerprint density at radius 3 is 2.68 bits per heavy atom. The second-order valence-corrected chi connectivity index (χ2v) is 4.82. The Hall–Kier alpha value is -1.87. The number of hydrogen-bond donors (Lipinski definition) is 2. The standard InChI is InChI=1S/C16H18O3/c1-11-9-10-12-5-2-3-6-13(12)16(11)14(17)7-4-8-15(18)19/h2-3,5-6,9-10,14,17H,4,7-8H2,1H3,(H,18,19). The first-order valence-electron chi connectivity index (χ1n) is 6.47. The molecule has 0 aliphatic heterocycles. The molecule has 100 valence electrons. The average Bonchev–Trinajstić information content (AvgIpc) is 2.38. The molecule has 1 atom stereocenters. The lowest BCUT2D eigenvalue weighted by molar-refractivity contribution is -0.137. The molecule has 2 rings (SSSR count). The van der Waals surface area contributed by atoms with Crippen molar-refractivity contribution in [2.45, 2.75) is 32.3 Å². The van der Waals surface area contributed by atoms with E-state index >= 15 is 0 Å². The van der Waals surface area contributed by atoms with Gasteiger partial charge in [0.15, 0.2) is 0 Å². The van der Waals surface area contributed by atoms with Crippen LogP contribution in [0.3, 0.4) is 0 Å². The minimum atomic E-state index is -0.818. The summed E-state index contributed by atoms with van der Waals surface area (Å²) in [7, 11) is 0. The van der Waals surface area contributed by atoms with Crippen molar-refractivity contribution in [2.75, 3.05) is 0 Å². The summed E-state index contributed by atoms with van der Waals surface area (Å²) in [5.74, 6) is -0.818. The lowest BCUT2D eigenvalue weighted by atomic mass is 9.93. The lowest BCUT2D eigenvalue weighted by Crippen LogP contribution is -2.03. The van der Waals surface area contributed by atoms with Crippen LogP contribution in [0.1, 0.15) is 36.5 Å². The van der Waals surface area contributed by atoms with Crippen molar-refractivity contribution in [3.8, 4) is 0 Å². The fraction of sp³-hybridized carbons (Fsp3) is 0.312. The van der Waals surface area contributed by atoms with E-state index in [-0.39, 0.29) is 6.42 Å². The van der Waals surface area contributed by atoms with E-state index in [4.69, 9.17) is 5.11 Å². The Bertz CT molecular complexity index is 590. The molecule has 0 saturated heterocycles. The van der Waals surface area contributed by atoms with Gasteiger partial charge >= 0.3 is 5.97 Å². The van der Waals surface area contributed by atoms with Gasteiger partial charge in [0.1, 0.15) is 0 Å². The van der Waals surface area contributed by atoms with Crippen molar-refractivity contribution in [3.05, 3.63) is 47.5 Å². The summed E-state index contributed by atoms with van der Waals surface area (Å²) in [6.45, 7) is 1.97. The van der Waals surface area contributed by atoms with Gasteiger partial charge in [0.25, 0.3) is 0 Å². The van der Waals surface area contributed by atoms with E-state index in [1.807, 2.05) is 43.3 Å². The van der Waals surface area contributed by atoms with Crippen LogP contribution in [-0.4, -0.2) is 16.2 Å². The molecule has 0 heterocycles. The smallest absolute Gasteiger partial charge is 0.303 e. The molecule has 0 aliphatic carbocycles. The summed E-state index contributed by atoms with van der Waals surface area (Å²) in [4.78, 5) is 10.5. The number of carbonyl (C=O) groups is 1. The minimum absolute atomic E-state index is 0.0981. The van der Waals surface area contributed by atoms with Crippen LogP contribution >= 0.6 is 0 Å². The second kappa shape index (κ2) is 5.85. The molecule has 0 saturated carbocycles. The van der Waals surface area contributed by atoms with Crippen LogP contribution in [0.15, 0.2) is 36.4 Å². The molecular formula is C16H18O3. The number of fused-ring (bicyclic) bond motifs is 1. The molecule has 0 amide bonds. The minimum Gasteiger partial charge on any atom is -0.481 e. The van der Waals surface area contributed by atoms with Crippen LogP contribution in [0, 0.1) is 6.92 Å². The molecule has 0 spiro atoms. The molecule has 2 aromatic carbocycles. The zero-order valence-electron chi connectivity index (χ0n) is 11.0.